The molecule has 18 heavy (non-hydrogen) atoms. The van der Waals surface area contributed by atoms with Gasteiger partial charge in [0.05, 0.1) is 12.1 Å². The number of nitrogens with one attached hydrogen (secondary N) is 2. The molecule has 0 radical (unpaired) electrons. The standard InChI is InChI=1S/C11H12F2N4O/c12-6-1-5(14)2-7(13)10(6)17-3-8-9(4-17)16-11(18)15-8/h1-2,8-9H,3-4,14H2,(H2,15,16,18). The molecule has 96 valence electrons. The number of fused-ring (bicyclic) bond motifs is 1. The highest BCUT2D eigenvalue weighted by Crippen LogP contribution is 2.29. The van der Waals surface area contributed by atoms with Crippen LogP contribution in [0, 0.1) is 11.6 Å². The van der Waals surface area contributed by atoms with E-state index in [4.69, 9.17) is 5.73 Å². The lowest BCUT2D eigenvalue weighted by Gasteiger charge is -2.21. The largest absolute Gasteiger partial charge is 0.399 e. The normalized spacial score (nSPS) is 25.9. The van der Waals surface area contributed by atoms with Crippen LogP contribution in [-0.4, -0.2) is 31.2 Å². The first-order valence-corrected chi connectivity index (χ1v) is 5.61. The Hall–Kier alpha value is -2.05. The molecule has 1 aromatic carbocycles. The summed E-state index contributed by atoms with van der Waals surface area (Å²) in [5.41, 5.74) is 5.34. The third-order valence-corrected chi connectivity index (χ3v) is 3.31. The van der Waals surface area contributed by atoms with E-state index < -0.39 is 11.6 Å². The quantitative estimate of drug-likeness (QED) is 0.636. The maximum atomic E-state index is 13.7. The number of urea groups is 1. The number of benzene rings is 1. The summed E-state index contributed by atoms with van der Waals surface area (Å²) < 4.78 is 27.5. The zero-order valence-corrected chi connectivity index (χ0v) is 9.41. The van der Waals surface area contributed by atoms with Gasteiger partial charge in [0.15, 0.2) is 11.6 Å². The first-order valence-electron chi connectivity index (χ1n) is 5.61. The van der Waals surface area contributed by atoms with Crippen LogP contribution in [0.4, 0.5) is 25.0 Å². The van der Waals surface area contributed by atoms with E-state index in [9.17, 15) is 13.6 Å². The zero-order valence-electron chi connectivity index (χ0n) is 9.41. The van der Waals surface area contributed by atoms with Gasteiger partial charge in [0, 0.05) is 18.8 Å². The zero-order chi connectivity index (χ0) is 12.9. The average molecular weight is 254 g/mol. The van der Waals surface area contributed by atoms with Gasteiger partial charge in [0.1, 0.15) is 5.69 Å². The van der Waals surface area contributed by atoms with Crippen LogP contribution in [0.3, 0.4) is 0 Å². The van der Waals surface area contributed by atoms with Crippen molar-refractivity contribution in [2.75, 3.05) is 23.7 Å². The monoisotopic (exact) mass is 254 g/mol. The summed E-state index contributed by atoms with van der Waals surface area (Å²) in [5, 5.41) is 5.41. The maximum Gasteiger partial charge on any atom is 0.315 e. The van der Waals surface area contributed by atoms with Gasteiger partial charge in [0.2, 0.25) is 0 Å². The van der Waals surface area contributed by atoms with Crippen molar-refractivity contribution in [3.63, 3.8) is 0 Å². The Bertz CT molecular complexity index is 483. The van der Waals surface area contributed by atoms with E-state index in [0.717, 1.165) is 12.1 Å². The molecule has 2 unspecified atom stereocenters. The number of amides is 2. The third kappa shape index (κ3) is 1.62. The Morgan fingerprint density at radius 3 is 2.17 bits per heavy atom. The summed E-state index contributed by atoms with van der Waals surface area (Å²) in [6.45, 7) is 0.752. The number of rotatable bonds is 1. The van der Waals surface area contributed by atoms with Crippen molar-refractivity contribution >= 4 is 17.4 Å². The molecule has 2 atom stereocenters. The lowest BCUT2D eigenvalue weighted by molar-refractivity contribution is 0.246. The molecule has 5 nitrogen and oxygen atoms in total. The van der Waals surface area contributed by atoms with E-state index in [-0.39, 0.29) is 29.5 Å². The molecule has 2 amide bonds. The molecule has 2 fully saturated rings. The molecule has 7 heteroatoms. The van der Waals surface area contributed by atoms with E-state index in [1.54, 1.807) is 4.90 Å². The van der Waals surface area contributed by atoms with Crippen LogP contribution < -0.4 is 21.3 Å². The molecule has 0 aromatic heterocycles. The molecule has 0 saturated carbocycles. The third-order valence-electron chi connectivity index (χ3n) is 3.31. The van der Waals surface area contributed by atoms with E-state index in [2.05, 4.69) is 10.6 Å². The van der Waals surface area contributed by atoms with Crippen LogP contribution in [-0.2, 0) is 0 Å². The van der Waals surface area contributed by atoms with Crippen LogP contribution >= 0.6 is 0 Å². The van der Waals surface area contributed by atoms with Crippen molar-refractivity contribution in [1.29, 1.82) is 0 Å². The Kier molecular flexibility index (Phi) is 2.29. The summed E-state index contributed by atoms with van der Waals surface area (Å²) in [6.07, 6.45) is 0. The topological polar surface area (TPSA) is 70.4 Å². The van der Waals surface area contributed by atoms with Crippen LogP contribution in [0.1, 0.15) is 0 Å². The van der Waals surface area contributed by atoms with Gasteiger partial charge in [-0.2, -0.15) is 0 Å². The number of nitrogens with zero attached hydrogens (tertiary/aromatic N) is 1. The van der Waals surface area contributed by atoms with E-state index in [1.807, 2.05) is 0 Å². The second-order valence-corrected chi connectivity index (χ2v) is 4.57. The minimum atomic E-state index is -0.682. The minimum absolute atomic E-state index is 0.0552. The SMILES string of the molecule is Nc1cc(F)c(N2CC3NC(=O)NC3C2)c(F)c1. The summed E-state index contributed by atoms with van der Waals surface area (Å²) >= 11 is 0. The van der Waals surface area contributed by atoms with Gasteiger partial charge in [-0.15, -0.1) is 0 Å². The Morgan fingerprint density at radius 2 is 1.67 bits per heavy atom. The molecule has 0 bridgehead atoms. The highest BCUT2D eigenvalue weighted by atomic mass is 19.1. The average Bonchev–Trinajstić information content (AvgIpc) is 2.72. The molecule has 3 rings (SSSR count). The second-order valence-electron chi connectivity index (χ2n) is 4.57. The second kappa shape index (κ2) is 3.72. The fourth-order valence-corrected chi connectivity index (χ4v) is 2.54. The summed E-state index contributed by atoms with van der Waals surface area (Å²) in [5.74, 6) is -1.36. The fourth-order valence-electron chi connectivity index (χ4n) is 2.54. The van der Waals surface area contributed by atoms with Crippen molar-refractivity contribution in [2.45, 2.75) is 12.1 Å². The number of anilines is 2. The molecular formula is C11H12F2N4O. The predicted molar refractivity (Wildman–Crippen MR) is 62.2 cm³/mol. The van der Waals surface area contributed by atoms with Crippen molar-refractivity contribution in [1.82, 2.24) is 10.6 Å². The minimum Gasteiger partial charge on any atom is -0.399 e. The number of halogens is 2. The number of carbonyl (C=O) groups excluding carboxylic acids is 1. The van der Waals surface area contributed by atoms with Crippen LogP contribution in [0.5, 0.6) is 0 Å². The molecule has 4 N–H and O–H groups in total. The molecule has 2 heterocycles. The smallest absolute Gasteiger partial charge is 0.315 e. The first-order chi connectivity index (χ1) is 8.54. The van der Waals surface area contributed by atoms with Crippen molar-refractivity contribution in [3.8, 4) is 0 Å². The van der Waals surface area contributed by atoms with Gasteiger partial charge >= 0.3 is 6.03 Å². The predicted octanol–water partition coefficient (Wildman–Crippen LogP) is 0.417. The van der Waals surface area contributed by atoms with Crippen molar-refractivity contribution in [3.05, 3.63) is 23.8 Å². The van der Waals surface area contributed by atoms with Gasteiger partial charge < -0.3 is 21.3 Å². The maximum absolute atomic E-state index is 13.7. The lowest BCUT2D eigenvalue weighted by atomic mass is 10.2. The Morgan fingerprint density at radius 1 is 1.17 bits per heavy atom. The van der Waals surface area contributed by atoms with Gasteiger partial charge in [-0.05, 0) is 12.1 Å². The highest BCUT2D eigenvalue weighted by molar-refractivity contribution is 5.78. The number of carbonyl (C=O) groups is 1. The summed E-state index contributed by atoms with van der Waals surface area (Å²) in [6, 6.07) is 1.72. The van der Waals surface area contributed by atoms with Crippen molar-refractivity contribution < 1.29 is 13.6 Å². The summed E-state index contributed by atoms with van der Waals surface area (Å²) in [4.78, 5) is 12.6. The lowest BCUT2D eigenvalue weighted by Crippen LogP contribution is -2.34. The van der Waals surface area contributed by atoms with Crippen LogP contribution in [0.15, 0.2) is 12.1 Å². The van der Waals surface area contributed by atoms with Gasteiger partial charge in [-0.3, -0.25) is 0 Å². The van der Waals surface area contributed by atoms with E-state index in [1.165, 1.54) is 0 Å². The number of hydrogen-bond acceptors (Lipinski definition) is 3. The van der Waals surface area contributed by atoms with Crippen molar-refractivity contribution in [2.24, 2.45) is 0 Å². The highest BCUT2D eigenvalue weighted by Gasteiger charge is 2.41. The molecular weight excluding hydrogens is 242 g/mol. The molecule has 2 aliphatic rings. The van der Waals surface area contributed by atoms with Crippen LogP contribution in [0.25, 0.3) is 0 Å². The van der Waals surface area contributed by atoms with E-state index >= 15 is 0 Å². The van der Waals surface area contributed by atoms with E-state index in [0.29, 0.717) is 13.1 Å². The molecule has 1 aromatic rings. The number of hydrogen-bond donors (Lipinski definition) is 3. The van der Waals surface area contributed by atoms with Crippen LogP contribution in [0.2, 0.25) is 0 Å². The number of nitrogen functional groups attached to an aromatic ring is 1. The molecule has 0 spiro atoms. The molecule has 0 aliphatic carbocycles. The van der Waals surface area contributed by atoms with Gasteiger partial charge in [-0.1, -0.05) is 0 Å². The molecule has 2 saturated heterocycles. The van der Waals surface area contributed by atoms with Gasteiger partial charge in [0.25, 0.3) is 0 Å². The fraction of sp³-hybridized carbons (Fsp3) is 0.364. The van der Waals surface area contributed by atoms with Gasteiger partial charge in [-0.25, -0.2) is 13.6 Å². The molecule has 2 aliphatic heterocycles. The Balaban J connectivity index is 1.88. The number of nitrogens with two attached hydrogens (primary N) is 1. The summed E-state index contributed by atoms with van der Waals surface area (Å²) in [7, 11) is 0. The Labute approximate surface area is 102 Å². The first kappa shape index (κ1) is 11.1.